The van der Waals surface area contributed by atoms with Crippen LogP contribution in [-0.4, -0.2) is 113 Å². The first-order chi connectivity index (χ1) is 23.0. The molecule has 5 N–H and O–H groups in total. The molecule has 4 aliphatic rings. The summed E-state index contributed by atoms with van der Waals surface area (Å²) in [5, 5.41) is 6.98. The molecule has 4 unspecified atom stereocenters. The van der Waals surface area contributed by atoms with Gasteiger partial charge in [-0.25, -0.2) is 14.6 Å². The highest BCUT2D eigenvalue weighted by molar-refractivity contribution is 5.94. The predicted molar refractivity (Wildman–Crippen MR) is 185 cm³/mol. The molecule has 13 heteroatoms. The number of aromatic nitrogens is 2. The van der Waals surface area contributed by atoms with Gasteiger partial charge in [0.2, 0.25) is 5.91 Å². The second-order valence-corrected chi connectivity index (χ2v) is 14.3. The average Bonchev–Trinajstić information content (AvgIpc) is 3.44. The van der Waals surface area contributed by atoms with Crippen LogP contribution in [0.3, 0.4) is 0 Å². The first-order valence-corrected chi connectivity index (χ1v) is 16.9. The summed E-state index contributed by atoms with van der Waals surface area (Å²) in [4.78, 5) is 39.5. The number of likely N-dealkylation sites (tertiary alicyclic amines) is 1. The molecule has 2 aromatic carbocycles. The van der Waals surface area contributed by atoms with E-state index in [1.807, 2.05) is 67.3 Å². The fraction of sp³-hybridized carbons (Fsp3) is 0.514. The van der Waals surface area contributed by atoms with Crippen molar-refractivity contribution in [1.82, 2.24) is 34.6 Å². The summed E-state index contributed by atoms with van der Waals surface area (Å²) in [5.41, 5.74) is 13.8. The summed E-state index contributed by atoms with van der Waals surface area (Å²) in [5.74, 6) is 0.649. The van der Waals surface area contributed by atoms with E-state index in [0.717, 1.165) is 49.6 Å². The SMILES string of the molecule is CN1CCN(C)C(c2ccc(NC3c4ncc(N)n4NC(C)(N4CCCC(NC(=O)c5ccc(C6(C)COC6)cc5)C4)N3C)cc2)C1=O. The number of carbonyl (C=O) groups is 2. The molecule has 0 bridgehead atoms. The van der Waals surface area contributed by atoms with Crippen LogP contribution in [0.4, 0.5) is 11.5 Å². The molecule has 5 heterocycles. The van der Waals surface area contributed by atoms with Crippen LogP contribution >= 0.6 is 0 Å². The molecule has 256 valence electrons. The van der Waals surface area contributed by atoms with Crippen LogP contribution in [0.2, 0.25) is 0 Å². The molecule has 3 aromatic rings. The minimum absolute atomic E-state index is 0.0179. The third-order valence-corrected chi connectivity index (χ3v) is 10.9. The number of amides is 2. The number of rotatable bonds is 7. The van der Waals surface area contributed by atoms with Crippen LogP contribution < -0.4 is 21.8 Å². The third kappa shape index (κ3) is 5.68. The highest BCUT2D eigenvalue weighted by atomic mass is 16.5. The lowest BCUT2D eigenvalue weighted by Crippen LogP contribution is -2.71. The fourth-order valence-corrected chi connectivity index (χ4v) is 7.48. The molecule has 3 fully saturated rings. The Labute approximate surface area is 282 Å². The second kappa shape index (κ2) is 12.4. The van der Waals surface area contributed by atoms with Crippen molar-refractivity contribution in [3.8, 4) is 0 Å². The first-order valence-electron chi connectivity index (χ1n) is 16.9. The second-order valence-electron chi connectivity index (χ2n) is 14.3. The van der Waals surface area contributed by atoms with Gasteiger partial charge in [0.1, 0.15) is 18.0 Å². The zero-order valence-electron chi connectivity index (χ0n) is 28.6. The summed E-state index contributed by atoms with van der Waals surface area (Å²) >= 11 is 0. The standard InChI is InChI=1S/C35H48N10O3/c1-34(21-48-22-34)25-12-8-24(9-13-25)32(46)39-27-7-6-16-44(20-27)35(2)40-45-28(36)19-37-30(45)31(43(35)5)38-26-14-10-23(11-15-26)29-33(47)42(4)18-17-41(29)3/h8-15,19,27,29,31,38,40H,6-7,16-18,20-22,36H2,1-5H3,(H,39,46). The zero-order chi connectivity index (χ0) is 33.8. The molecule has 7 rings (SSSR count). The number of nitrogens with zero attached hydrogens (tertiary/aromatic N) is 6. The lowest BCUT2D eigenvalue weighted by Gasteiger charge is -2.55. The molecule has 48 heavy (non-hydrogen) atoms. The third-order valence-electron chi connectivity index (χ3n) is 10.9. The number of anilines is 2. The Morgan fingerprint density at radius 1 is 1.02 bits per heavy atom. The monoisotopic (exact) mass is 656 g/mol. The summed E-state index contributed by atoms with van der Waals surface area (Å²) in [6.45, 7) is 8.83. The van der Waals surface area contributed by atoms with Crippen LogP contribution in [0.1, 0.15) is 66.2 Å². The molecule has 4 aliphatic heterocycles. The van der Waals surface area contributed by atoms with Crippen molar-refractivity contribution in [2.24, 2.45) is 0 Å². The molecule has 0 aliphatic carbocycles. The number of piperidine rings is 1. The van der Waals surface area contributed by atoms with Crippen molar-refractivity contribution in [3.05, 3.63) is 77.2 Å². The molecule has 0 saturated carbocycles. The fourth-order valence-electron chi connectivity index (χ4n) is 7.48. The smallest absolute Gasteiger partial charge is 0.251 e. The van der Waals surface area contributed by atoms with Gasteiger partial charge < -0.3 is 26.0 Å². The number of nitrogen functional groups attached to an aromatic ring is 1. The van der Waals surface area contributed by atoms with E-state index >= 15 is 0 Å². The van der Waals surface area contributed by atoms with Gasteiger partial charge in [-0.2, -0.15) is 0 Å². The number of nitrogens with two attached hydrogens (primary N) is 1. The number of benzene rings is 2. The Kier molecular flexibility index (Phi) is 8.35. The van der Waals surface area contributed by atoms with Gasteiger partial charge in [-0.3, -0.25) is 24.8 Å². The summed E-state index contributed by atoms with van der Waals surface area (Å²) in [6, 6.07) is 15.7. The maximum Gasteiger partial charge on any atom is 0.251 e. The molecule has 13 nitrogen and oxygen atoms in total. The minimum Gasteiger partial charge on any atom is -0.382 e. The molecule has 4 atom stereocenters. The Morgan fingerprint density at radius 2 is 1.75 bits per heavy atom. The number of imidazole rings is 1. The molecule has 2 amide bonds. The van der Waals surface area contributed by atoms with E-state index in [1.165, 1.54) is 5.56 Å². The Hall–Kier alpha value is -4.17. The van der Waals surface area contributed by atoms with Gasteiger partial charge in [0.25, 0.3) is 5.91 Å². The average molecular weight is 657 g/mol. The highest BCUT2D eigenvalue weighted by Crippen LogP contribution is 2.37. The molecule has 3 saturated heterocycles. The molecule has 1 aromatic heterocycles. The van der Waals surface area contributed by atoms with Crippen molar-refractivity contribution in [3.63, 3.8) is 0 Å². The van der Waals surface area contributed by atoms with Gasteiger partial charge in [0.05, 0.1) is 19.4 Å². The maximum absolute atomic E-state index is 13.3. The van der Waals surface area contributed by atoms with E-state index in [-0.39, 0.29) is 35.5 Å². The van der Waals surface area contributed by atoms with Crippen molar-refractivity contribution >= 4 is 23.3 Å². The van der Waals surface area contributed by atoms with Gasteiger partial charge in [-0.05, 0) is 69.3 Å². The number of hydrogen-bond donors (Lipinski definition) is 4. The van der Waals surface area contributed by atoms with Gasteiger partial charge >= 0.3 is 0 Å². The van der Waals surface area contributed by atoms with Crippen LogP contribution in [0.15, 0.2) is 54.7 Å². The number of likely N-dealkylation sites (N-methyl/N-ethyl adjacent to an activating group) is 2. The van der Waals surface area contributed by atoms with E-state index in [0.29, 0.717) is 31.1 Å². The normalized spacial score (nSPS) is 27.9. The quantitative estimate of drug-likeness (QED) is 0.300. The molecule has 0 spiro atoms. The first kappa shape index (κ1) is 32.4. The van der Waals surface area contributed by atoms with Gasteiger partial charge in [0, 0.05) is 55.9 Å². The Balaban J connectivity index is 1.06. The van der Waals surface area contributed by atoms with Crippen molar-refractivity contribution in [2.75, 3.05) is 77.0 Å². The number of piperazine rings is 1. The number of fused-ring (bicyclic) bond motifs is 1. The van der Waals surface area contributed by atoms with E-state index in [9.17, 15) is 9.59 Å². The number of ether oxygens (including phenoxy) is 1. The van der Waals surface area contributed by atoms with Crippen LogP contribution in [0.25, 0.3) is 0 Å². The summed E-state index contributed by atoms with van der Waals surface area (Å²) in [6.07, 6.45) is 3.18. The molecule has 0 radical (unpaired) electrons. The van der Waals surface area contributed by atoms with Crippen molar-refractivity contribution in [2.45, 2.75) is 56.1 Å². The summed E-state index contributed by atoms with van der Waals surface area (Å²) in [7, 11) is 5.92. The summed E-state index contributed by atoms with van der Waals surface area (Å²) < 4.78 is 7.27. The van der Waals surface area contributed by atoms with Crippen molar-refractivity contribution < 1.29 is 14.3 Å². The molecular weight excluding hydrogens is 608 g/mol. The van der Waals surface area contributed by atoms with E-state index in [4.69, 9.17) is 10.5 Å². The largest absolute Gasteiger partial charge is 0.382 e. The number of hydrogen-bond acceptors (Lipinski definition) is 10. The van der Waals surface area contributed by atoms with Gasteiger partial charge in [0.15, 0.2) is 11.6 Å². The van der Waals surface area contributed by atoms with E-state index in [2.05, 4.69) is 56.6 Å². The number of carbonyl (C=O) groups excluding carboxylic acids is 2. The van der Waals surface area contributed by atoms with Crippen molar-refractivity contribution in [1.29, 1.82) is 0 Å². The lowest BCUT2D eigenvalue weighted by molar-refractivity contribution is -0.139. The number of nitrogens with one attached hydrogen (secondary N) is 3. The van der Waals surface area contributed by atoms with E-state index in [1.54, 1.807) is 11.1 Å². The highest BCUT2D eigenvalue weighted by Gasteiger charge is 2.47. The molecular formula is C35H48N10O3. The lowest BCUT2D eigenvalue weighted by atomic mass is 9.80. The van der Waals surface area contributed by atoms with Crippen LogP contribution in [0, 0.1) is 0 Å². The van der Waals surface area contributed by atoms with Gasteiger partial charge in [-0.1, -0.05) is 31.2 Å². The zero-order valence-corrected chi connectivity index (χ0v) is 28.6. The van der Waals surface area contributed by atoms with Crippen LogP contribution in [0.5, 0.6) is 0 Å². The van der Waals surface area contributed by atoms with Crippen LogP contribution in [-0.2, 0) is 14.9 Å². The maximum atomic E-state index is 13.3. The Bertz CT molecular complexity index is 1660. The topological polar surface area (TPSA) is 136 Å². The van der Waals surface area contributed by atoms with E-state index < -0.39 is 5.79 Å². The minimum atomic E-state index is -0.660. The predicted octanol–water partition coefficient (Wildman–Crippen LogP) is 2.37. The Morgan fingerprint density at radius 3 is 2.44 bits per heavy atom. The van der Waals surface area contributed by atoms with Gasteiger partial charge in [-0.15, -0.1) is 0 Å².